The summed E-state index contributed by atoms with van der Waals surface area (Å²) >= 11 is 7.19. The Kier molecular flexibility index (Phi) is 6.65. The third-order valence-electron chi connectivity index (χ3n) is 3.24. The number of carbonyl (C=O) groups excluding carboxylic acids is 2. The highest BCUT2D eigenvalue weighted by Gasteiger charge is 2.16. The average Bonchev–Trinajstić information content (AvgIpc) is 2.97. The molecule has 0 spiro atoms. The summed E-state index contributed by atoms with van der Waals surface area (Å²) in [5.74, 6) is 0.113. The standard InChI is InChI=1S/C15H18ClN5O3S/c1-20(14(23)8-25-15-19-17-9-21(15)2)7-13(22)18-11-6-10(16)4-5-12(11)24-3/h4-6,9H,7-8H2,1-3H3,(H,18,22). The molecule has 0 saturated heterocycles. The highest BCUT2D eigenvalue weighted by molar-refractivity contribution is 7.99. The lowest BCUT2D eigenvalue weighted by Crippen LogP contribution is -2.36. The maximum Gasteiger partial charge on any atom is 0.244 e. The molecule has 134 valence electrons. The molecule has 1 heterocycles. The van der Waals surface area contributed by atoms with Crippen LogP contribution in [-0.4, -0.2) is 57.9 Å². The van der Waals surface area contributed by atoms with Crippen molar-refractivity contribution in [3.63, 3.8) is 0 Å². The van der Waals surface area contributed by atoms with Crippen LogP contribution in [0.4, 0.5) is 5.69 Å². The van der Waals surface area contributed by atoms with E-state index in [1.54, 1.807) is 43.2 Å². The molecule has 0 radical (unpaired) electrons. The van der Waals surface area contributed by atoms with E-state index in [2.05, 4.69) is 15.5 Å². The molecule has 0 bridgehead atoms. The van der Waals surface area contributed by atoms with E-state index in [1.807, 2.05) is 0 Å². The fraction of sp³-hybridized carbons (Fsp3) is 0.333. The molecule has 0 atom stereocenters. The van der Waals surface area contributed by atoms with E-state index in [9.17, 15) is 9.59 Å². The zero-order valence-electron chi connectivity index (χ0n) is 14.0. The van der Waals surface area contributed by atoms with E-state index in [1.165, 1.54) is 23.8 Å². The fourth-order valence-corrected chi connectivity index (χ4v) is 2.91. The highest BCUT2D eigenvalue weighted by atomic mass is 35.5. The van der Waals surface area contributed by atoms with E-state index < -0.39 is 0 Å². The van der Waals surface area contributed by atoms with Gasteiger partial charge in [-0.1, -0.05) is 23.4 Å². The number of nitrogens with zero attached hydrogens (tertiary/aromatic N) is 4. The first-order valence-electron chi connectivity index (χ1n) is 7.25. The lowest BCUT2D eigenvalue weighted by atomic mass is 10.3. The average molecular weight is 384 g/mol. The van der Waals surface area contributed by atoms with Crippen molar-refractivity contribution in [2.24, 2.45) is 7.05 Å². The molecule has 25 heavy (non-hydrogen) atoms. The summed E-state index contributed by atoms with van der Waals surface area (Å²) in [6.45, 7) is -0.0894. The van der Waals surface area contributed by atoms with Crippen molar-refractivity contribution in [1.82, 2.24) is 19.7 Å². The van der Waals surface area contributed by atoms with Gasteiger partial charge in [-0.15, -0.1) is 10.2 Å². The second-order valence-electron chi connectivity index (χ2n) is 5.16. The molecule has 2 amide bonds. The van der Waals surface area contributed by atoms with Gasteiger partial charge in [-0.25, -0.2) is 0 Å². The number of aryl methyl sites for hydroxylation is 1. The molecular formula is C15H18ClN5O3S. The normalized spacial score (nSPS) is 10.4. The monoisotopic (exact) mass is 383 g/mol. The second-order valence-corrected chi connectivity index (χ2v) is 6.53. The van der Waals surface area contributed by atoms with Gasteiger partial charge in [-0.2, -0.15) is 0 Å². The molecule has 0 fully saturated rings. The van der Waals surface area contributed by atoms with Crippen LogP contribution in [0.2, 0.25) is 5.02 Å². The molecule has 10 heteroatoms. The second kappa shape index (κ2) is 8.72. The number of aromatic nitrogens is 3. The zero-order chi connectivity index (χ0) is 18.4. The number of hydrogen-bond acceptors (Lipinski definition) is 6. The maximum atomic E-state index is 12.2. The molecule has 0 aliphatic heterocycles. The number of carbonyl (C=O) groups is 2. The van der Waals surface area contributed by atoms with Crippen molar-refractivity contribution in [3.05, 3.63) is 29.5 Å². The molecule has 0 unspecified atom stereocenters. The Morgan fingerprint density at radius 2 is 2.20 bits per heavy atom. The Morgan fingerprint density at radius 3 is 2.84 bits per heavy atom. The minimum Gasteiger partial charge on any atom is -0.495 e. The van der Waals surface area contributed by atoms with E-state index in [4.69, 9.17) is 16.3 Å². The Morgan fingerprint density at radius 1 is 1.44 bits per heavy atom. The fourth-order valence-electron chi connectivity index (χ4n) is 1.91. The predicted molar refractivity (Wildman–Crippen MR) is 96.0 cm³/mol. The minimum atomic E-state index is -0.347. The topological polar surface area (TPSA) is 89.3 Å². The first-order chi connectivity index (χ1) is 11.9. The number of rotatable bonds is 7. The number of nitrogens with one attached hydrogen (secondary N) is 1. The Bertz CT molecular complexity index is 767. The van der Waals surface area contributed by atoms with E-state index >= 15 is 0 Å². The van der Waals surface area contributed by atoms with Crippen LogP contribution >= 0.6 is 23.4 Å². The van der Waals surface area contributed by atoms with Crippen LogP contribution in [0.1, 0.15) is 0 Å². The van der Waals surface area contributed by atoms with Crippen molar-refractivity contribution in [2.75, 3.05) is 31.8 Å². The minimum absolute atomic E-state index is 0.0894. The van der Waals surface area contributed by atoms with E-state index in [0.717, 1.165) is 0 Å². The van der Waals surface area contributed by atoms with Gasteiger partial charge in [0, 0.05) is 19.1 Å². The molecule has 1 aromatic heterocycles. The number of likely N-dealkylation sites (N-methyl/N-ethyl adjacent to an activating group) is 1. The van der Waals surface area contributed by atoms with E-state index in [0.29, 0.717) is 21.6 Å². The zero-order valence-corrected chi connectivity index (χ0v) is 15.6. The number of benzene rings is 1. The van der Waals surface area contributed by atoms with Crippen LogP contribution in [-0.2, 0) is 16.6 Å². The van der Waals surface area contributed by atoms with E-state index in [-0.39, 0.29) is 24.1 Å². The van der Waals surface area contributed by atoms with Gasteiger partial charge < -0.3 is 19.5 Å². The van der Waals surface area contributed by atoms with Crippen molar-refractivity contribution in [1.29, 1.82) is 0 Å². The SMILES string of the molecule is COc1ccc(Cl)cc1NC(=O)CN(C)C(=O)CSc1nncn1C. The van der Waals surface area contributed by atoms with Crippen LogP contribution in [0.5, 0.6) is 5.75 Å². The number of ether oxygens (including phenoxy) is 1. The van der Waals surface area contributed by atoms with Crippen LogP contribution in [0.25, 0.3) is 0 Å². The molecule has 8 nitrogen and oxygen atoms in total. The summed E-state index contributed by atoms with van der Waals surface area (Å²) in [6, 6.07) is 4.91. The van der Waals surface area contributed by atoms with Crippen LogP contribution in [0, 0.1) is 0 Å². The summed E-state index contributed by atoms with van der Waals surface area (Å²) < 4.78 is 6.89. The summed E-state index contributed by atoms with van der Waals surface area (Å²) in [5, 5.41) is 11.4. The Hall–Kier alpha value is -2.26. The number of thioether (sulfide) groups is 1. The highest BCUT2D eigenvalue weighted by Crippen LogP contribution is 2.27. The van der Waals surface area contributed by atoms with Crippen molar-refractivity contribution in [2.45, 2.75) is 5.16 Å². The number of anilines is 1. The van der Waals surface area contributed by atoms with Gasteiger partial charge in [0.05, 0.1) is 25.1 Å². The predicted octanol–water partition coefficient (Wildman–Crippen LogP) is 1.67. The third kappa shape index (κ3) is 5.36. The molecule has 0 aliphatic rings. The summed E-state index contributed by atoms with van der Waals surface area (Å²) in [5.41, 5.74) is 0.453. The molecule has 1 aromatic carbocycles. The van der Waals surface area contributed by atoms with Crippen LogP contribution < -0.4 is 10.1 Å². The van der Waals surface area contributed by atoms with Gasteiger partial charge in [0.2, 0.25) is 11.8 Å². The first kappa shape index (κ1) is 19.1. The Labute approximate surface area is 154 Å². The molecule has 2 aromatic rings. The van der Waals surface area contributed by atoms with Gasteiger partial charge in [0.1, 0.15) is 12.1 Å². The third-order valence-corrected chi connectivity index (χ3v) is 4.49. The number of amides is 2. The van der Waals surface area contributed by atoms with Gasteiger partial charge in [0.25, 0.3) is 0 Å². The molecule has 1 N–H and O–H groups in total. The lowest BCUT2D eigenvalue weighted by Gasteiger charge is -2.17. The van der Waals surface area contributed by atoms with Gasteiger partial charge in [-0.3, -0.25) is 9.59 Å². The summed E-state index contributed by atoms with van der Waals surface area (Å²) in [4.78, 5) is 25.6. The van der Waals surface area contributed by atoms with Crippen molar-refractivity contribution in [3.8, 4) is 5.75 Å². The number of halogens is 1. The number of methoxy groups -OCH3 is 1. The number of hydrogen-bond donors (Lipinski definition) is 1. The van der Waals surface area contributed by atoms with Crippen LogP contribution in [0.3, 0.4) is 0 Å². The first-order valence-corrected chi connectivity index (χ1v) is 8.61. The van der Waals surface area contributed by atoms with Crippen LogP contribution in [0.15, 0.2) is 29.7 Å². The van der Waals surface area contributed by atoms with Crippen molar-refractivity contribution >= 4 is 40.9 Å². The maximum absolute atomic E-state index is 12.2. The van der Waals surface area contributed by atoms with Gasteiger partial charge >= 0.3 is 0 Å². The smallest absolute Gasteiger partial charge is 0.244 e. The molecule has 0 aliphatic carbocycles. The quantitative estimate of drug-likeness (QED) is 0.731. The molecule has 0 saturated carbocycles. The van der Waals surface area contributed by atoms with Crippen molar-refractivity contribution < 1.29 is 14.3 Å². The summed E-state index contributed by atoms with van der Waals surface area (Å²) in [7, 11) is 4.86. The molecule has 2 rings (SSSR count). The Balaban J connectivity index is 1.88. The largest absolute Gasteiger partial charge is 0.495 e. The van der Waals surface area contributed by atoms with Gasteiger partial charge in [0.15, 0.2) is 5.16 Å². The van der Waals surface area contributed by atoms with Gasteiger partial charge in [-0.05, 0) is 18.2 Å². The summed E-state index contributed by atoms with van der Waals surface area (Å²) in [6.07, 6.45) is 1.56. The molecular weight excluding hydrogens is 366 g/mol. The lowest BCUT2D eigenvalue weighted by molar-refractivity contribution is -0.131.